The molecule has 1 atom stereocenters. The fraction of sp³-hybridized carbons (Fsp3) is 0.348. The van der Waals surface area contributed by atoms with Crippen LogP contribution in [-0.2, 0) is 4.79 Å². The lowest BCUT2D eigenvalue weighted by Crippen LogP contribution is -2.39. The molecule has 2 aromatic carbocycles. The van der Waals surface area contributed by atoms with Crippen LogP contribution in [0.2, 0.25) is 10.0 Å². The zero-order valence-corrected chi connectivity index (χ0v) is 18.0. The van der Waals surface area contributed by atoms with Crippen LogP contribution in [0.1, 0.15) is 30.4 Å². The van der Waals surface area contributed by atoms with Gasteiger partial charge in [-0.25, -0.2) is 0 Å². The van der Waals surface area contributed by atoms with Crippen molar-refractivity contribution in [3.05, 3.63) is 63.6 Å². The number of likely N-dealkylation sites (tertiary alicyclic amines) is 1. The minimum Gasteiger partial charge on any atom is -0.481 e. The Kier molecular flexibility index (Phi) is 6.52. The van der Waals surface area contributed by atoms with Crippen LogP contribution in [0.4, 0.5) is 0 Å². The van der Waals surface area contributed by atoms with Gasteiger partial charge in [0.1, 0.15) is 11.5 Å². The number of hydrogen-bond acceptors (Lipinski definition) is 4. The maximum atomic E-state index is 11.3. The molecule has 0 aliphatic carbocycles. The van der Waals surface area contributed by atoms with Gasteiger partial charge in [-0.1, -0.05) is 29.3 Å². The van der Waals surface area contributed by atoms with E-state index >= 15 is 0 Å². The van der Waals surface area contributed by atoms with Crippen molar-refractivity contribution in [1.82, 2.24) is 4.90 Å². The van der Waals surface area contributed by atoms with Crippen LogP contribution in [0.3, 0.4) is 0 Å². The first-order valence-corrected chi connectivity index (χ1v) is 10.8. The molecule has 2 aliphatic rings. The van der Waals surface area contributed by atoms with Crippen molar-refractivity contribution >= 4 is 34.7 Å². The lowest BCUT2D eigenvalue weighted by molar-refractivity contribution is -0.143. The van der Waals surface area contributed by atoms with E-state index in [1.807, 2.05) is 24.3 Å². The summed E-state index contributed by atoms with van der Waals surface area (Å²) in [6.07, 6.45) is 4.54. The summed E-state index contributed by atoms with van der Waals surface area (Å²) in [5.41, 5.74) is 2.71. The molecule has 4 rings (SSSR count). The molecular weight excluding hydrogens is 425 g/mol. The van der Waals surface area contributed by atoms with Gasteiger partial charge < -0.3 is 19.5 Å². The Balaban J connectivity index is 1.64. The van der Waals surface area contributed by atoms with Crippen LogP contribution < -0.4 is 9.47 Å². The smallest absolute Gasteiger partial charge is 0.307 e. The predicted octanol–water partition coefficient (Wildman–Crippen LogP) is 5.34. The Morgan fingerprint density at radius 3 is 2.33 bits per heavy atom. The van der Waals surface area contributed by atoms with Gasteiger partial charge in [-0.15, -0.1) is 0 Å². The van der Waals surface area contributed by atoms with Crippen LogP contribution in [0, 0.1) is 5.92 Å². The molecule has 7 heteroatoms. The number of carboxylic acids is 1. The quantitative estimate of drug-likeness (QED) is 0.684. The number of piperidine rings is 1. The zero-order valence-electron chi connectivity index (χ0n) is 16.4. The third-order valence-corrected chi connectivity index (χ3v) is 6.01. The number of nitrogens with zero attached hydrogens (tertiary/aromatic N) is 1. The highest BCUT2D eigenvalue weighted by atomic mass is 35.5. The van der Waals surface area contributed by atoms with Gasteiger partial charge in [0.05, 0.1) is 5.92 Å². The Bertz CT molecular complexity index is 920. The maximum absolute atomic E-state index is 11.3. The molecule has 0 unspecified atom stereocenters. The van der Waals surface area contributed by atoms with Crippen LogP contribution in [-0.4, -0.2) is 42.4 Å². The van der Waals surface area contributed by atoms with Gasteiger partial charge in [0, 0.05) is 34.3 Å². The molecule has 0 aromatic heterocycles. The van der Waals surface area contributed by atoms with E-state index in [0.717, 1.165) is 49.1 Å². The second-order valence-corrected chi connectivity index (χ2v) is 8.44. The van der Waals surface area contributed by atoms with Crippen molar-refractivity contribution < 1.29 is 19.4 Å². The summed E-state index contributed by atoms with van der Waals surface area (Å²) in [5, 5.41) is 10.6. The highest BCUT2D eigenvalue weighted by molar-refractivity contribution is 6.31. The molecule has 1 N–H and O–H groups in total. The first-order chi connectivity index (χ1) is 14.5. The lowest BCUT2D eigenvalue weighted by atomic mass is 9.94. The van der Waals surface area contributed by atoms with E-state index in [9.17, 15) is 9.90 Å². The standard InChI is InChI=1S/C23H23Cl2NO4/c24-16-5-7-21-19(11-16)18(20-12-17(25)6-8-22(20)30-14-29-21)4-2-10-26-9-1-3-15(13-26)23(27)28/h4-8,11-12,15H,1-3,9-10,13-14H2,(H,27,28)/t15-/m1/s1. The maximum Gasteiger partial charge on any atom is 0.307 e. The fourth-order valence-corrected chi connectivity index (χ4v) is 4.39. The van der Waals surface area contributed by atoms with E-state index in [0.29, 0.717) is 28.1 Å². The van der Waals surface area contributed by atoms with Crippen LogP contribution >= 0.6 is 23.2 Å². The molecule has 0 saturated carbocycles. The summed E-state index contributed by atoms with van der Waals surface area (Å²) >= 11 is 12.6. The van der Waals surface area contributed by atoms with Crippen molar-refractivity contribution in [1.29, 1.82) is 0 Å². The summed E-state index contributed by atoms with van der Waals surface area (Å²) in [7, 11) is 0. The van der Waals surface area contributed by atoms with Gasteiger partial charge in [0.15, 0.2) is 0 Å². The number of halogens is 2. The van der Waals surface area contributed by atoms with Crippen LogP contribution in [0.5, 0.6) is 11.5 Å². The Labute approximate surface area is 185 Å². The van der Waals surface area contributed by atoms with Crippen molar-refractivity contribution in [3.63, 3.8) is 0 Å². The average molecular weight is 448 g/mol. The molecule has 5 nitrogen and oxygen atoms in total. The zero-order chi connectivity index (χ0) is 21.1. The number of aliphatic carboxylic acids is 1. The third-order valence-electron chi connectivity index (χ3n) is 5.54. The molecule has 2 heterocycles. The molecule has 2 aliphatic heterocycles. The number of hydrogen-bond donors (Lipinski definition) is 1. The van der Waals surface area contributed by atoms with E-state index in [1.54, 1.807) is 12.1 Å². The minimum atomic E-state index is -0.709. The number of ether oxygens (including phenoxy) is 2. The molecule has 0 spiro atoms. The van der Waals surface area contributed by atoms with Gasteiger partial charge in [0.25, 0.3) is 0 Å². The SMILES string of the molecule is O=C(O)[C@@H]1CCCN(CCC=C2c3cc(Cl)ccc3OCOc3ccc(Cl)cc32)C1. The predicted molar refractivity (Wildman–Crippen MR) is 118 cm³/mol. The Hall–Kier alpha value is -2.21. The molecule has 0 bridgehead atoms. The van der Waals surface area contributed by atoms with Gasteiger partial charge in [-0.3, -0.25) is 4.79 Å². The van der Waals surface area contributed by atoms with E-state index in [-0.39, 0.29) is 12.7 Å². The second-order valence-electron chi connectivity index (χ2n) is 7.57. The molecule has 0 amide bonds. The van der Waals surface area contributed by atoms with Gasteiger partial charge in [-0.05, 0) is 67.8 Å². The summed E-state index contributed by atoms with van der Waals surface area (Å²) < 4.78 is 11.6. The number of benzene rings is 2. The van der Waals surface area contributed by atoms with E-state index in [4.69, 9.17) is 32.7 Å². The second kappa shape index (κ2) is 9.29. The van der Waals surface area contributed by atoms with E-state index in [2.05, 4.69) is 11.0 Å². The van der Waals surface area contributed by atoms with Crippen molar-refractivity contribution in [3.8, 4) is 11.5 Å². The first kappa shape index (κ1) is 21.0. The van der Waals surface area contributed by atoms with Gasteiger partial charge >= 0.3 is 5.97 Å². The Morgan fingerprint density at radius 2 is 1.73 bits per heavy atom. The monoisotopic (exact) mass is 447 g/mol. The molecule has 30 heavy (non-hydrogen) atoms. The van der Waals surface area contributed by atoms with E-state index < -0.39 is 5.97 Å². The van der Waals surface area contributed by atoms with Crippen molar-refractivity contribution in [2.45, 2.75) is 19.3 Å². The number of carbonyl (C=O) groups is 1. The van der Waals surface area contributed by atoms with Crippen LogP contribution in [0.15, 0.2) is 42.5 Å². The summed E-state index contributed by atoms with van der Waals surface area (Å²) in [4.78, 5) is 13.6. The molecular formula is C23H23Cl2NO4. The first-order valence-electron chi connectivity index (χ1n) is 10.0. The number of rotatable bonds is 4. The van der Waals surface area contributed by atoms with Crippen LogP contribution in [0.25, 0.3) is 5.57 Å². The normalized spacial score (nSPS) is 18.9. The van der Waals surface area contributed by atoms with E-state index in [1.165, 1.54) is 0 Å². The number of carboxylic acid groups (broad SMARTS) is 1. The summed E-state index contributed by atoms with van der Waals surface area (Å²) in [6, 6.07) is 11.0. The van der Waals surface area contributed by atoms with Gasteiger partial charge in [-0.2, -0.15) is 0 Å². The molecule has 1 saturated heterocycles. The number of fused-ring (bicyclic) bond motifs is 2. The summed E-state index contributed by atoms with van der Waals surface area (Å²) in [5.74, 6) is 0.397. The molecule has 2 aromatic rings. The fourth-order valence-electron chi connectivity index (χ4n) is 4.05. The molecule has 1 fully saturated rings. The average Bonchev–Trinajstić information content (AvgIpc) is 2.72. The van der Waals surface area contributed by atoms with Crippen molar-refractivity contribution in [2.75, 3.05) is 26.4 Å². The molecule has 0 radical (unpaired) electrons. The lowest BCUT2D eigenvalue weighted by Gasteiger charge is -2.30. The third kappa shape index (κ3) is 4.75. The van der Waals surface area contributed by atoms with Crippen molar-refractivity contribution in [2.24, 2.45) is 5.92 Å². The van der Waals surface area contributed by atoms with Gasteiger partial charge in [0.2, 0.25) is 6.79 Å². The molecule has 158 valence electrons. The largest absolute Gasteiger partial charge is 0.481 e. The topological polar surface area (TPSA) is 59.0 Å². The minimum absolute atomic E-state index is 0.0981. The summed E-state index contributed by atoms with van der Waals surface area (Å²) in [6.45, 7) is 2.39. The Morgan fingerprint density at radius 1 is 1.10 bits per heavy atom. The highest BCUT2D eigenvalue weighted by Crippen LogP contribution is 2.40. The highest BCUT2D eigenvalue weighted by Gasteiger charge is 2.25.